The van der Waals surface area contributed by atoms with Gasteiger partial charge in [0.05, 0.1) is 0 Å². The van der Waals surface area contributed by atoms with E-state index in [4.69, 9.17) is 15.9 Å². The third kappa shape index (κ3) is 3.67. The van der Waals surface area contributed by atoms with Gasteiger partial charge in [-0.05, 0) is 26.0 Å². The van der Waals surface area contributed by atoms with Gasteiger partial charge in [-0.2, -0.15) is 0 Å². The zero-order chi connectivity index (χ0) is 13.1. The fourth-order valence-electron chi connectivity index (χ4n) is 1.28. The van der Waals surface area contributed by atoms with Crippen LogP contribution in [-0.2, 0) is 4.74 Å². The molecule has 5 N–H and O–H groups in total. The third-order valence-corrected chi connectivity index (χ3v) is 1.91. The van der Waals surface area contributed by atoms with Crippen LogP contribution in [-0.4, -0.2) is 22.8 Å². The molecule has 0 fully saturated rings. The second-order valence-corrected chi connectivity index (χ2v) is 3.96. The van der Waals surface area contributed by atoms with Crippen LogP contribution in [0.5, 0.6) is 5.75 Å². The molecule has 0 aliphatic heterocycles. The Morgan fingerprint density at radius 3 is 2.59 bits per heavy atom. The number of para-hydroxylation sites is 1. The number of esters is 1. The van der Waals surface area contributed by atoms with Gasteiger partial charge in [-0.25, -0.2) is 4.79 Å². The van der Waals surface area contributed by atoms with Crippen molar-refractivity contribution < 1.29 is 14.6 Å². The van der Waals surface area contributed by atoms with Crippen LogP contribution in [0.3, 0.4) is 0 Å². The Bertz CT molecular complexity index is 443. The number of hydrogen-bond donors (Lipinski definition) is 4. The van der Waals surface area contributed by atoms with E-state index in [1.807, 2.05) is 0 Å². The molecule has 0 radical (unpaired) electrons. The van der Waals surface area contributed by atoms with E-state index in [9.17, 15) is 9.90 Å². The highest BCUT2D eigenvalue weighted by Gasteiger charge is 2.25. The second kappa shape index (κ2) is 4.73. The third-order valence-electron chi connectivity index (χ3n) is 1.91. The lowest BCUT2D eigenvalue weighted by Gasteiger charge is -2.26. The van der Waals surface area contributed by atoms with Gasteiger partial charge in [0.25, 0.3) is 0 Å². The number of aromatic hydroxyl groups is 1. The van der Waals surface area contributed by atoms with Crippen LogP contribution in [0.15, 0.2) is 24.3 Å². The first-order chi connectivity index (χ1) is 7.82. The first-order valence-corrected chi connectivity index (χ1v) is 4.95. The van der Waals surface area contributed by atoms with Crippen LogP contribution >= 0.6 is 0 Å². The van der Waals surface area contributed by atoms with Gasteiger partial charge in [-0.1, -0.05) is 12.1 Å². The van der Waals surface area contributed by atoms with E-state index >= 15 is 0 Å². The molecule has 0 atom stereocenters. The van der Waals surface area contributed by atoms with Gasteiger partial charge in [0.1, 0.15) is 11.3 Å². The van der Waals surface area contributed by atoms with Crippen LogP contribution in [0.4, 0.5) is 0 Å². The fourth-order valence-corrected chi connectivity index (χ4v) is 1.28. The molecule has 0 aliphatic carbocycles. The highest BCUT2D eigenvalue weighted by molar-refractivity contribution is 5.92. The molecule has 1 rings (SSSR count). The summed E-state index contributed by atoms with van der Waals surface area (Å²) in [5.41, 5.74) is 4.10. The Hall–Kier alpha value is -2.24. The van der Waals surface area contributed by atoms with Crippen LogP contribution in [0.25, 0.3) is 0 Å². The molecule has 6 nitrogen and oxygen atoms in total. The molecule has 0 amide bonds. The molecule has 17 heavy (non-hydrogen) atoms. The second-order valence-electron chi connectivity index (χ2n) is 3.96. The number of hydrogen-bond acceptors (Lipinski definition) is 4. The average molecular weight is 237 g/mol. The maximum Gasteiger partial charge on any atom is 0.344 e. The van der Waals surface area contributed by atoms with Crippen molar-refractivity contribution in [2.24, 2.45) is 5.73 Å². The van der Waals surface area contributed by atoms with Crippen molar-refractivity contribution in [3.05, 3.63) is 29.8 Å². The summed E-state index contributed by atoms with van der Waals surface area (Å²) in [7, 11) is 0. The van der Waals surface area contributed by atoms with E-state index in [1.54, 1.807) is 26.0 Å². The summed E-state index contributed by atoms with van der Waals surface area (Å²) >= 11 is 0. The lowest BCUT2D eigenvalue weighted by Crippen LogP contribution is -2.49. The van der Waals surface area contributed by atoms with Gasteiger partial charge in [0, 0.05) is 0 Å². The number of rotatable bonds is 3. The minimum absolute atomic E-state index is 0.0610. The standard InChI is InChI=1S/C11H15N3O3/c1-11(2,14-10(12)13)17-9(16)7-5-3-4-6-8(7)15/h3-6,15H,1-2H3,(H4,12,13,14). The smallest absolute Gasteiger partial charge is 0.344 e. The minimum atomic E-state index is -1.12. The van der Waals surface area contributed by atoms with Gasteiger partial charge >= 0.3 is 5.97 Å². The van der Waals surface area contributed by atoms with Crippen molar-refractivity contribution in [2.45, 2.75) is 19.6 Å². The Balaban J connectivity index is 2.79. The highest BCUT2D eigenvalue weighted by atomic mass is 16.6. The molecule has 1 aromatic rings. The molecular weight excluding hydrogens is 222 g/mol. The van der Waals surface area contributed by atoms with Crippen LogP contribution in [0.2, 0.25) is 0 Å². The Labute approximate surface area is 98.9 Å². The van der Waals surface area contributed by atoms with Gasteiger partial charge in [-0.15, -0.1) is 0 Å². The van der Waals surface area contributed by atoms with Crippen LogP contribution in [0.1, 0.15) is 24.2 Å². The van der Waals surface area contributed by atoms with E-state index in [2.05, 4.69) is 5.32 Å². The SMILES string of the molecule is CC(C)(NC(=N)N)OC(=O)c1ccccc1O. The predicted octanol–water partition coefficient (Wildman–Crippen LogP) is 0.768. The number of guanidine groups is 1. The first-order valence-electron chi connectivity index (χ1n) is 4.95. The summed E-state index contributed by atoms with van der Waals surface area (Å²) in [6.07, 6.45) is 0. The van der Waals surface area contributed by atoms with Crippen molar-refractivity contribution in [3.63, 3.8) is 0 Å². The van der Waals surface area contributed by atoms with Gasteiger partial charge in [0.2, 0.25) is 0 Å². The summed E-state index contributed by atoms with van der Waals surface area (Å²) in [5.74, 6) is -1.15. The fraction of sp³-hybridized carbons (Fsp3) is 0.273. The van der Waals surface area contributed by atoms with Crippen LogP contribution < -0.4 is 11.1 Å². The number of nitrogens with one attached hydrogen (secondary N) is 2. The topological polar surface area (TPSA) is 108 Å². The summed E-state index contributed by atoms with van der Waals surface area (Å²) in [6.45, 7) is 3.10. The average Bonchev–Trinajstić information content (AvgIpc) is 2.14. The molecule has 0 bridgehead atoms. The first kappa shape index (κ1) is 12.8. The molecule has 0 aliphatic rings. The van der Waals surface area contributed by atoms with Crippen LogP contribution in [0, 0.1) is 5.41 Å². The van der Waals surface area contributed by atoms with Crippen molar-refractivity contribution in [2.75, 3.05) is 0 Å². The minimum Gasteiger partial charge on any atom is -0.507 e. The lowest BCUT2D eigenvalue weighted by atomic mass is 10.2. The summed E-state index contributed by atoms with van der Waals surface area (Å²) in [4.78, 5) is 11.7. The number of benzene rings is 1. The number of nitrogens with two attached hydrogens (primary N) is 1. The van der Waals surface area contributed by atoms with E-state index < -0.39 is 11.7 Å². The molecule has 92 valence electrons. The molecular formula is C11H15N3O3. The van der Waals surface area contributed by atoms with Gasteiger partial charge in [0.15, 0.2) is 11.7 Å². The van der Waals surface area contributed by atoms with Crippen molar-refractivity contribution >= 4 is 11.9 Å². The van der Waals surface area contributed by atoms with Gasteiger partial charge < -0.3 is 20.9 Å². The predicted molar refractivity (Wildman–Crippen MR) is 62.7 cm³/mol. The summed E-state index contributed by atoms with van der Waals surface area (Å²) in [6, 6.07) is 6.05. The molecule has 0 aromatic heterocycles. The van der Waals surface area contributed by atoms with E-state index in [0.717, 1.165) is 0 Å². The molecule has 1 aromatic carbocycles. The molecule has 0 saturated carbocycles. The number of carbonyl (C=O) groups excluding carboxylic acids is 1. The quantitative estimate of drug-likeness (QED) is 0.269. The van der Waals surface area contributed by atoms with E-state index in [0.29, 0.717) is 0 Å². The van der Waals surface area contributed by atoms with Crippen molar-refractivity contribution in [1.82, 2.24) is 5.32 Å². The highest BCUT2D eigenvalue weighted by Crippen LogP contribution is 2.18. The monoisotopic (exact) mass is 237 g/mol. The zero-order valence-electron chi connectivity index (χ0n) is 9.65. The summed E-state index contributed by atoms with van der Waals surface area (Å²) < 4.78 is 5.08. The maximum atomic E-state index is 11.7. The molecule has 0 unspecified atom stereocenters. The molecule has 0 heterocycles. The van der Waals surface area contributed by atoms with Crippen molar-refractivity contribution in [3.8, 4) is 5.75 Å². The lowest BCUT2D eigenvalue weighted by molar-refractivity contribution is -0.00797. The molecule has 6 heteroatoms. The number of ether oxygens (including phenoxy) is 1. The van der Waals surface area contributed by atoms with E-state index in [-0.39, 0.29) is 17.3 Å². The van der Waals surface area contributed by atoms with Crippen molar-refractivity contribution in [1.29, 1.82) is 5.41 Å². The zero-order valence-corrected chi connectivity index (χ0v) is 9.65. The molecule has 0 spiro atoms. The Morgan fingerprint density at radius 2 is 2.06 bits per heavy atom. The van der Waals surface area contributed by atoms with Gasteiger partial charge in [-0.3, -0.25) is 5.41 Å². The largest absolute Gasteiger partial charge is 0.507 e. The number of phenolic OH excluding ortho intramolecular Hbond substituents is 1. The Morgan fingerprint density at radius 1 is 1.47 bits per heavy atom. The maximum absolute atomic E-state index is 11.7. The molecule has 0 saturated heterocycles. The Kier molecular flexibility index (Phi) is 3.57. The summed E-state index contributed by atoms with van der Waals surface area (Å²) in [5, 5.41) is 19.0. The van der Waals surface area contributed by atoms with E-state index in [1.165, 1.54) is 12.1 Å². The normalized spacial score (nSPS) is 10.7. The number of phenols is 1. The number of carbonyl (C=O) groups is 1.